The Kier molecular flexibility index (Phi) is 5.51. The molecular weight excluding hydrogens is 148 g/mol. The fraction of sp³-hybridized carbons (Fsp3) is 1.00. The van der Waals surface area contributed by atoms with E-state index in [0.717, 1.165) is 13.0 Å². The van der Waals surface area contributed by atoms with Crippen molar-refractivity contribution in [2.45, 2.75) is 52.5 Å². The molecule has 0 radical (unpaired) electrons. The maximum absolute atomic E-state index is 5.65. The third-order valence-electron chi connectivity index (χ3n) is 2.32. The van der Waals surface area contributed by atoms with Crippen LogP contribution >= 0.6 is 0 Å². The molecule has 12 heavy (non-hydrogen) atoms. The van der Waals surface area contributed by atoms with E-state index in [2.05, 4.69) is 20.8 Å². The highest BCUT2D eigenvalue weighted by Gasteiger charge is 2.14. The van der Waals surface area contributed by atoms with Gasteiger partial charge in [0.2, 0.25) is 0 Å². The van der Waals surface area contributed by atoms with Crippen LogP contribution in [0.5, 0.6) is 0 Å². The number of hydrogen-bond acceptors (Lipinski definition) is 2. The predicted octanol–water partition coefficient (Wildman–Crippen LogP) is 1.88. The van der Waals surface area contributed by atoms with E-state index in [1.807, 2.05) is 0 Å². The average Bonchev–Trinajstić information content (AvgIpc) is 1.98. The van der Waals surface area contributed by atoms with Gasteiger partial charge in [0.05, 0.1) is 0 Å². The van der Waals surface area contributed by atoms with Gasteiger partial charge >= 0.3 is 0 Å². The van der Waals surface area contributed by atoms with E-state index < -0.39 is 0 Å². The van der Waals surface area contributed by atoms with Gasteiger partial charge in [-0.3, -0.25) is 0 Å². The Morgan fingerprint density at radius 1 is 1.25 bits per heavy atom. The van der Waals surface area contributed by atoms with Crippen LogP contribution in [-0.2, 0) is 0 Å². The largest absolute Gasteiger partial charge is 0.330 e. The van der Waals surface area contributed by atoms with E-state index in [1.54, 1.807) is 0 Å². The molecule has 0 saturated carbocycles. The van der Waals surface area contributed by atoms with Crippen LogP contribution in [0.4, 0.5) is 0 Å². The Labute approximate surface area is 76.7 Å². The lowest BCUT2D eigenvalue weighted by molar-refractivity contribution is 0.329. The molecule has 0 rings (SSSR count). The highest BCUT2D eigenvalue weighted by atomic mass is 14.6. The topological polar surface area (TPSA) is 52.0 Å². The second-order valence-corrected chi connectivity index (χ2v) is 4.59. The molecule has 0 aromatic rings. The zero-order valence-electron chi connectivity index (χ0n) is 8.77. The number of nitrogens with two attached hydrogens (primary N) is 2. The molecule has 2 nitrogen and oxygen atoms in total. The van der Waals surface area contributed by atoms with Crippen molar-refractivity contribution in [1.82, 2.24) is 0 Å². The average molecular weight is 172 g/mol. The van der Waals surface area contributed by atoms with Crippen molar-refractivity contribution in [3.63, 3.8) is 0 Å². The van der Waals surface area contributed by atoms with E-state index in [1.165, 1.54) is 19.3 Å². The molecule has 1 unspecified atom stereocenters. The Hall–Kier alpha value is -0.0800. The first-order chi connectivity index (χ1) is 5.48. The standard InChI is InChI=1S/C10H24N2/c1-9(12)6-4-5-7-10(2,3)8-11/h9H,4-8,11-12H2,1-3H3. The fourth-order valence-electron chi connectivity index (χ4n) is 1.17. The van der Waals surface area contributed by atoms with Gasteiger partial charge in [0.15, 0.2) is 0 Å². The van der Waals surface area contributed by atoms with E-state index in [9.17, 15) is 0 Å². The molecule has 0 bridgehead atoms. The molecule has 0 saturated heterocycles. The van der Waals surface area contributed by atoms with Gasteiger partial charge in [-0.15, -0.1) is 0 Å². The molecule has 0 aliphatic heterocycles. The fourth-order valence-corrected chi connectivity index (χ4v) is 1.17. The monoisotopic (exact) mass is 172 g/mol. The van der Waals surface area contributed by atoms with Crippen LogP contribution in [0.15, 0.2) is 0 Å². The summed E-state index contributed by atoms with van der Waals surface area (Å²) >= 11 is 0. The van der Waals surface area contributed by atoms with Gasteiger partial charge < -0.3 is 11.5 Å². The Bertz CT molecular complexity index is 108. The highest BCUT2D eigenvalue weighted by Crippen LogP contribution is 2.21. The Morgan fingerprint density at radius 2 is 1.83 bits per heavy atom. The Balaban J connectivity index is 3.31. The number of unbranched alkanes of at least 4 members (excludes halogenated alkanes) is 1. The minimum absolute atomic E-state index is 0.317. The second-order valence-electron chi connectivity index (χ2n) is 4.59. The third-order valence-corrected chi connectivity index (χ3v) is 2.32. The van der Waals surface area contributed by atoms with Crippen molar-refractivity contribution in [1.29, 1.82) is 0 Å². The zero-order chi connectivity index (χ0) is 9.61. The summed E-state index contributed by atoms with van der Waals surface area (Å²) in [5, 5.41) is 0. The zero-order valence-corrected chi connectivity index (χ0v) is 8.77. The predicted molar refractivity (Wildman–Crippen MR) is 55.0 cm³/mol. The summed E-state index contributed by atoms with van der Waals surface area (Å²) in [5.41, 5.74) is 11.6. The van der Waals surface area contributed by atoms with Crippen LogP contribution < -0.4 is 11.5 Å². The number of rotatable bonds is 6. The van der Waals surface area contributed by atoms with Crippen LogP contribution in [-0.4, -0.2) is 12.6 Å². The van der Waals surface area contributed by atoms with Gasteiger partial charge in [-0.25, -0.2) is 0 Å². The van der Waals surface area contributed by atoms with E-state index in [4.69, 9.17) is 11.5 Å². The molecule has 2 heteroatoms. The van der Waals surface area contributed by atoms with Gasteiger partial charge in [-0.1, -0.05) is 26.7 Å². The normalized spacial score (nSPS) is 14.8. The quantitative estimate of drug-likeness (QED) is 0.601. The van der Waals surface area contributed by atoms with Crippen molar-refractivity contribution in [2.75, 3.05) is 6.54 Å². The smallest absolute Gasteiger partial charge is 0.00104 e. The minimum Gasteiger partial charge on any atom is -0.330 e. The van der Waals surface area contributed by atoms with Crippen LogP contribution in [0.3, 0.4) is 0 Å². The molecule has 0 fully saturated rings. The third kappa shape index (κ3) is 6.62. The van der Waals surface area contributed by atoms with Gasteiger partial charge in [-0.05, 0) is 31.7 Å². The highest BCUT2D eigenvalue weighted by molar-refractivity contribution is 4.69. The van der Waals surface area contributed by atoms with E-state index >= 15 is 0 Å². The summed E-state index contributed by atoms with van der Waals surface area (Å²) < 4.78 is 0. The van der Waals surface area contributed by atoms with Gasteiger partial charge in [-0.2, -0.15) is 0 Å². The Morgan fingerprint density at radius 3 is 2.25 bits per heavy atom. The minimum atomic E-state index is 0.317. The molecule has 0 aromatic carbocycles. The maximum atomic E-state index is 5.65. The summed E-state index contributed by atoms with van der Waals surface area (Å²) in [6, 6.07) is 0.353. The SMILES string of the molecule is CC(N)CCCCC(C)(C)CN. The van der Waals surface area contributed by atoms with Crippen molar-refractivity contribution >= 4 is 0 Å². The van der Waals surface area contributed by atoms with E-state index in [0.29, 0.717) is 11.5 Å². The van der Waals surface area contributed by atoms with Crippen molar-refractivity contribution < 1.29 is 0 Å². The van der Waals surface area contributed by atoms with Crippen molar-refractivity contribution in [2.24, 2.45) is 16.9 Å². The summed E-state index contributed by atoms with van der Waals surface area (Å²) in [4.78, 5) is 0. The van der Waals surface area contributed by atoms with Crippen LogP contribution in [0.2, 0.25) is 0 Å². The lowest BCUT2D eigenvalue weighted by Crippen LogP contribution is -2.23. The molecule has 0 aliphatic carbocycles. The first-order valence-corrected chi connectivity index (χ1v) is 4.93. The second kappa shape index (κ2) is 5.55. The van der Waals surface area contributed by atoms with Crippen LogP contribution in [0.25, 0.3) is 0 Å². The molecule has 0 aromatic heterocycles. The summed E-state index contributed by atoms with van der Waals surface area (Å²) in [5.74, 6) is 0. The van der Waals surface area contributed by atoms with Crippen LogP contribution in [0, 0.1) is 5.41 Å². The van der Waals surface area contributed by atoms with Crippen molar-refractivity contribution in [3.05, 3.63) is 0 Å². The summed E-state index contributed by atoms with van der Waals surface area (Å²) in [6.07, 6.45) is 4.85. The lowest BCUT2D eigenvalue weighted by Gasteiger charge is -2.22. The molecule has 1 atom stereocenters. The van der Waals surface area contributed by atoms with Crippen molar-refractivity contribution in [3.8, 4) is 0 Å². The van der Waals surface area contributed by atoms with Gasteiger partial charge in [0, 0.05) is 6.04 Å². The molecule has 4 N–H and O–H groups in total. The summed E-state index contributed by atoms with van der Waals surface area (Å²) in [6.45, 7) is 7.29. The first-order valence-electron chi connectivity index (χ1n) is 4.93. The molecule has 0 heterocycles. The molecular formula is C10H24N2. The first kappa shape index (κ1) is 11.9. The van der Waals surface area contributed by atoms with Gasteiger partial charge in [0.25, 0.3) is 0 Å². The van der Waals surface area contributed by atoms with E-state index in [-0.39, 0.29) is 0 Å². The maximum Gasteiger partial charge on any atom is 0.00104 e. The summed E-state index contributed by atoms with van der Waals surface area (Å²) in [7, 11) is 0. The molecule has 0 aliphatic rings. The lowest BCUT2D eigenvalue weighted by atomic mass is 9.87. The molecule has 74 valence electrons. The van der Waals surface area contributed by atoms with Gasteiger partial charge in [0.1, 0.15) is 0 Å². The molecule has 0 spiro atoms. The molecule has 0 amide bonds. The number of hydrogen-bond donors (Lipinski definition) is 2. The van der Waals surface area contributed by atoms with Crippen LogP contribution in [0.1, 0.15) is 46.5 Å².